The van der Waals surface area contributed by atoms with Crippen LogP contribution in [0, 0.1) is 6.92 Å². The van der Waals surface area contributed by atoms with Crippen molar-refractivity contribution in [2.75, 3.05) is 4.90 Å². The molecule has 170 valence electrons. The van der Waals surface area contributed by atoms with Gasteiger partial charge in [-0.25, -0.2) is 0 Å². The second kappa shape index (κ2) is 8.25. The second-order valence-corrected chi connectivity index (χ2v) is 9.57. The fourth-order valence-corrected chi connectivity index (χ4v) is 5.40. The molecule has 7 aromatic rings. The molecule has 0 saturated heterocycles. The van der Waals surface area contributed by atoms with Gasteiger partial charge < -0.3 is 4.90 Å². The lowest BCUT2D eigenvalue weighted by Crippen LogP contribution is -2.11. The number of hydrogen-bond acceptors (Lipinski definition) is 1. The summed E-state index contributed by atoms with van der Waals surface area (Å²) in [5, 5.41) is 10.0. The molecule has 0 aliphatic carbocycles. The van der Waals surface area contributed by atoms with Crippen molar-refractivity contribution in [3.63, 3.8) is 0 Å². The lowest BCUT2D eigenvalue weighted by Gasteiger charge is -2.29. The Hall–Kier alpha value is -4.62. The normalized spacial score (nSPS) is 11.5. The highest BCUT2D eigenvalue weighted by molar-refractivity contribution is 6.19. The first-order valence-electron chi connectivity index (χ1n) is 12.4. The van der Waals surface area contributed by atoms with Gasteiger partial charge in [0.2, 0.25) is 0 Å². The molecule has 0 saturated carbocycles. The van der Waals surface area contributed by atoms with E-state index in [1.54, 1.807) is 0 Å². The van der Waals surface area contributed by atoms with Crippen LogP contribution >= 0.6 is 0 Å². The van der Waals surface area contributed by atoms with E-state index in [0.29, 0.717) is 0 Å². The molecule has 0 aliphatic rings. The van der Waals surface area contributed by atoms with Crippen LogP contribution in [0.5, 0.6) is 0 Å². The van der Waals surface area contributed by atoms with E-state index in [9.17, 15) is 0 Å². The van der Waals surface area contributed by atoms with Gasteiger partial charge in [0, 0.05) is 22.1 Å². The largest absolute Gasteiger partial charge is 0.309 e. The van der Waals surface area contributed by atoms with Crippen molar-refractivity contribution < 1.29 is 0 Å². The Bertz CT molecular complexity index is 1790. The maximum atomic E-state index is 2.42. The summed E-state index contributed by atoms with van der Waals surface area (Å²) in [6.07, 6.45) is 0. The third kappa shape index (κ3) is 3.40. The van der Waals surface area contributed by atoms with Gasteiger partial charge in [-0.1, -0.05) is 84.4 Å². The molecule has 36 heavy (non-hydrogen) atoms. The number of para-hydroxylation sites is 1. The van der Waals surface area contributed by atoms with Crippen LogP contribution in [-0.4, -0.2) is 0 Å². The summed E-state index contributed by atoms with van der Waals surface area (Å²) in [6.45, 7) is 2.14. The molecular formula is C35H25N. The third-order valence-corrected chi connectivity index (χ3v) is 7.19. The van der Waals surface area contributed by atoms with Crippen molar-refractivity contribution in [1.82, 2.24) is 0 Å². The Morgan fingerprint density at radius 3 is 1.33 bits per heavy atom. The fourth-order valence-electron chi connectivity index (χ4n) is 5.40. The quantitative estimate of drug-likeness (QED) is 0.238. The zero-order chi connectivity index (χ0) is 24.1. The van der Waals surface area contributed by atoms with Gasteiger partial charge in [-0.3, -0.25) is 0 Å². The van der Waals surface area contributed by atoms with Crippen LogP contribution in [0.15, 0.2) is 133 Å². The first kappa shape index (κ1) is 20.7. The van der Waals surface area contributed by atoms with Crippen LogP contribution in [0.4, 0.5) is 17.1 Å². The van der Waals surface area contributed by atoms with Gasteiger partial charge >= 0.3 is 0 Å². The van der Waals surface area contributed by atoms with Gasteiger partial charge in [0.05, 0.1) is 5.69 Å². The third-order valence-electron chi connectivity index (χ3n) is 7.19. The second-order valence-electron chi connectivity index (χ2n) is 9.57. The van der Waals surface area contributed by atoms with Crippen molar-refractivity contribution in [2.24, 2.45) is 0 Å². The average molecular weight is 460 g/mol. The smallest absolute Gasteiger partial charge is 0.0618 e. The predicted octanol–water partition coefficient (Wildman–Crippen LogP) is 10.1. The summed E-state index contributed by atoms with van der Waals surface area (Å²) in [4.78, 5) is 2.42. The molecule has 0 radical (unpaired) electrons. The van der Waals surface area contributed by atoms with E-state index in [-0.39, 0.29) is 0 Å². The Labute approximate surface area is 210 Å². The van der Waals surface area contributed by atoms with Crippen LogP contribution in [0.1, 0.15) is 5.56 Å². The van der Waals surface area contributed by atoms with Crippen LogP contribution in [0.25, 0.3) is 43.1 Å². The summed E-state index contributed by atoms with van der Waals surface area (Å²) < 4.78 is 0. The molecule has 0 amide bonds. The standard InChI is InChI=1S/C35H25N/c1-24-15-17-32(18-16-24)36(31-13-3-2-4-14-31)35-33-22-27-11-7-5-9-25(27)19-29(33)21-30-20-26-10-6-8-12-28(26)23-34(30)35/h2-23H,1H3. The van der Waals surface area contributed by atoms with Crippen molar-refractivity contribution in [3.8, 4) is 0 Å². The van der Waals surface area contributed by atoms with Gasteiger partial charge in [-0.15, -0.1) is 0 Å². The maximum Gasteiger partial charge on any atom is 0.0618 e. The number of nitrogens with zero attached hydrogens (tertiary/aromatic N) is 1. The van der Waals surface area contributed by atoms with E-state index in [0.717, 1.165) is 11.4 Å². The number of rotatable bonds is 3. The molecule has 0 unspecified atom stereocenters. The highest BCUT2D eigenvalue weighted by Gasteiger charge is 2.19. The molecule has 0 bridgehead atoms. The molecule has 0 heterocycles. The summed E-state index contributed by atoms with van der Waals surface area (Å²) in [6, 6.07) is 48.6. The first-order chi connectivity index (χ1) is 17.7. The van der Waals surface area contributed by atoms with Crippen molar-refractivity contribution >= 4 is 60.2 Å². The zero-order valence-electron chi connectivity index (χ0n) is 20.1. The molecule has 1 nitrogen and oxygen atoms in total. The van der Waals surface area contributed by atoms with Crippen molar-refractivity contribution in [2.45, 2.75) is 6.92 Å². The van der Waals surface area contributed by atoms with Crippen molar-refractivity contribution in [3.05, 3.63) is 139 Å². The van der Waals surface area contributed by atoms with E-state index in [1.807, 2.05) is 0 Å². The van der Waals surface area contributed by atoms with Gasteiger partial charge in [0.1, 0.15) is 0 Å². The highest BCUT2D eigenvalue weighted by atomic mass is 15.1. The van der Waals surface area contributed by atoms with Crippen LogP contribution < -0.4 is 4.90 Å². The minimum atomic E-state index is 1.15. The topological polar surface area (TPSA) is 3.24 Å². The van der Waals surface area contributed by atoms with E-state index >= 15 is 0 Å². The summed E-state index contributed by atoms with van der Waals surface area (Å²) >= 11 is 0. The minimum Gasteiger partial charge on any atom is -0.309 e. The fraction of sp³-hybridized carbons (Fsp3) is 0.0286. The van der Waals surface area contributed by atoms with E-state index in [4.69, 9.17) is 0 Å². The van der Waals surface area contributed by atoms with Gasteiger partial charge in [-0.05, 0) is 93.8 Å². The van der Waals surface area contributed by atoms with Gasteiger partial charge in [0.15, 0.2) is 0 Å². The van der Waals surface area contributed by atoms with E-state index in [1.165, 1.54) is 54.3 Å². The summed E-state index contributed by atoms with van der Waals surface area (Å²) in [5.74, 6) is 0. The summed E-state index contributed by atoms with van der Waals surface area (Å²) in [5.41, 5.74) is 4.78. The monoisotopic (exact) mass is 459 g/mol. The van der Waals surface area contributed by atoms with E-state index < -0.39 is 0 Å². The van der Waals surface area contributed by atoms with Crippen LogP contribution in [0.3, 0.4) is 0 Å². The SMILES string of the molecule is Cc1ccc(N(c2ccccc2)c2c3cc4ccccc4cc3cc3cc4ccccc4cc23)cc1. The Kier molecular flexibility index (Phi) is 4.75. The Balaban J connectivity index is 1.67. The van der Waals surface area contributed by atoms with Crippen molar-refractivity contribution in [1.29, 1.82) is 0 Å². The highest BCUT2D eigenvalue weighted by Crippen LogP contribution is 2.45. The molecule has 1 heteroatoms. The maximum absolute atomic E-state index is 2.42. The lowest BCUT2D eigenvalue weighted by molar-refractivity contribution is 1.30. The first-order valence-corrected chi connectivity index (χ1v) is 12.4. The number of hydrogen-bond donors (Lipinski definition) is 0. The van der Waals surface area contributed by atoms with Crippen LogP contribution in [-0.2, 0) is 0 Å². The Morgan fingerprint density at radius 1 is 0.389 bits per heavy atom. The predicted molar refractivity (Wildman–Crippen MR) is 156 cm³/mol. The molecule has 7 rings (SSSR count). The van der Waals surface area contributed by atoms with E-state index in [2.05, 4.69) is 145 Å². The Morgan fingerprint density at radius 2 is 0.806 bits per heavy atom. The molecule has 0 fully saturated rings. The number of aryl methyl sites for hydroxylation is 1. The number of benzene rings is 7. The minimum absolute atomic E-state index is 1.15. The molecule has 0 spiro atoms. The van der Waals surface area contributed by atoms with Crippen LogP contribution in [0.2, 0.25) is 0 Å². The number of anilines is 3. The molecular weight excluding hydrogens is 434 g/mol. The molecule has 0 aromatic heterocycles. The van der Waals surface area contributed by atoms with Gasteiger partial charge in [0.25, 0.3) is 0 Å². The number of fused-ring (bicyclic) bond motifs is 4. The summed E-state index contributed by atoms with van der Waals surface area (Å²) in [7, 11) is 0. The molecule has 7 aromatic carbocycles. The zero-order valence-corrected chi connectivity index (χ0v) is 20.1. The molecule has 0 aliphatic heterocycles. The molecule has 0 N–H and O–H groups in total. The average Bonchev–Trinajstić information content (AvgIpc) is 2.92. The lowest BCUT2D eigenvalue weighted by atomic mass is 9.94. The van der Waals surface area contributed by atoms with Gasteiger partial charge in [-0.2, -0.15) is 0 Å². The molecule has 0 atom stereocenters.